The van der Waals surface area contributed by atoms with Crippen molar-refractivity contribution in [3.8, 4) is 0 Å². The lowest BCUT2D eigenvalue weighted by molar-refractivity contribution is -0.144. The van der Waals surface area contributed by atoms with Crippen LogP contribution in [0.15, 0.2) is 0 Å². The minimum Gasteiger partial charge on any atom is -0.480 e. The summed E-state index contributed by atoms with van der Waals surface area (Å²) in [5.74, 6) is -0.272. The van der Waals surface area contributed by atoms with E-state index in [2.05, 4.69) is 20.7 Å². The Labute approximate surface area is 92.2 Å². The normalized spacial score (nSPS) is 22.2. The monoisotopic (exact) mass is 226 g/mol. The van der Waals surface area contributed by atoms with E-state index in [1.54, 1.807) is 7.05 Å². The standard InChI is InChI=1S/C8H14N6O2/c1-13-11-7(10-12-13)5-14-3-2-9-4-6(14)8(15)16/h6,9H,2-5H2,1H3,(H,15,16). The molecule has 1 atom stereocenters. The molecule has 0 saturated carbocycles. The SMILES string of the molecule is Cn1nnc(CN2CCNCC2C(=O)O)n1. The van der Waals surface area contributed by atoms with Crippen molar-refractivity contribution in [3.63, 3.8) is 0 Å². The van der Waals surface area contributed by atoms with Gasteiger partial charge in [-0.15, -0.1) is 10.2 Å². The number of aromatic nitrogens is 4. The van der Waals surface area contributed by atoms with Crippen molar-refractivity contribution in [3.05, 3.63) is 5.82 Å². The van der Waals surface area contributed by atoms with Crippen molar-refractivity contribution in [1.29, 1.82) is 0 Å². The number of aliphatic carboxylic acids is 1. The van der Waals surface area contributed by atoms with Gasteiger partial charge >= 0.3 is 5.97 Å². The molecular formula is C8H14N6O2. The predicted molar refractivity (Wildman–Crippen MR) is 53.5 cm³/mol. The molecule has 0 spiro atoms. The van der Waals surface area contributed by atoms with Crippen LogP contribution >= 0.6 is 0 Å². The van der Waals surface area contributed by atoms with Crippen LogP contribution in [0.4, 0.5) is 0 Å². The van der Waals surface area contributed by atoms with Gasteiger partial charge in [0.05, 0.1) is 13.6 Å². The first-order valence-electron chi connectivity index (χ1n) is 5.07. The highest BCUT2D eigenvalue weighted by atomic mass is 16.4. The summed E-state index contributed by atoms with van der Waals surface area (Å²) in [4.78, 5) is 14.2. The number of tetrazole rings is 1. The highest BCUT2D eigenvalue weighted by Gasteiger charge is 2.29. The van der Waals surface area contributed by atoms with Gasteiger partial charge in [0.15, 0.2) is 5.82 Å². The van der Waals surface area contributed by atoms with Crippen LogP contribution in [0.5, 0.6) is 0 Å². The van der Waals surface area contributed by atoms with Crippen LogP contribution in [-0.4, -0.2) is 61.9 Å². The summed E-state index contributed by atoms with van der Waals surface area (Å²) in [5.41, 5.74) is 0. The molecule has 1 unspecified atom stereocenters. The number of nitrogens with zero attached hydrogens (tertiary/aromatic N) is 5. The van der Waals surface area contributed by atoms with Crippen LogP contribution in [0.1, 0.15) is 5.82 Å². The average Bonchev–Trinajstić information content (AvgIpc) is 2.64. The maximum atomic E-state index is 11.0. The summed E-state index contributed by atoms with van der Waals surface area (Å²) in [6.45, 7) is 2.33. The molecule has 0 amide bonds. The molecule has 0 radical (unpaired) electrons. The molecule has 8 heteroatoms. The second-order valence-corrected chi connectivity index (χ2v) is 3.72. The number of carbonyl (C=O) groups is 1. The molecular weight excluding hydrogens is 212 g/mol. The first-order valence-corrected chi connectivity index (χ1v) is 5.07. The van der Waals surface area contributed by atoms with Crippen LogP contribution in [-0.2, 0) is 18.4 Å². The van der Waals surface area contributed by atoms with E-state index in [4.69, 9.17) is 5.11 Å². The smallest absolute Gasteiger partial charge is 0.322 e. The molecule has 1 fully saturated rings. The molecule has 0 aliphatic carbocycles. The number of rotatable bonds is 3. The van der Waals surface area contributed by atoms with E-state index in [9.17, 15) is 4.79 Å². The first-order chi connectivity index (χ1) is 7.66. The van der Waals surface area contributed by atoms with Gasteiger partial charge in [-0.05, 0) is 5.21 Å². The minimum absolute atomic E-state index is 0.423. The zero-order valence-electron chi connectivity index (χ0n) is 9.00. The third-order valence-corrected chi connectivity index (χ3v) is 2.53. The van der Waals surface area contributed by atoms with Gasteiger partial charge < -0.3 is 10.4 Å². The quantitative estimate of drug-likeness (QED) is 0.619. The van der Waals surface area contributed by atoms with Gasteiger partial charge in [-0.3, -0.25) is 9.69 Å². The second kappa shape index (κ2) is 4.54. The van der Waals surface area contributed by atoms with E-state index in [0.717, 1.165) is 6.54 Å². The van der Waals surface area contributed by atoms with Crippen LogP contribution in [0.3, 0.4) is 0 Å². The van der Waals surface area contributed by atoms with Crippen molar-refractivity contribution >= 4 is 5.97 Å². The Balaban J connectivity index is 2.03. The fourth-order valence-electron chi connectivity index (χ4n) is 1.75. The summed E-state index contributed by atoms with van der Waals surface area (Å²) in [5, 5.41) is 23.7. The third-order valence-electron chi connectivity index (χ3n) is 2.53. The summed E-state index contributed by atoms with van der Waals surface area (Å²) >= 11 is 0. The number of hydrogen-bond donors (Lipinski definition) is 2. The van der Waals surface area contributed by atoms with E-state index >= 15 is 0 Å². The van der Waals surface area contributed by atoms with E-state index < -0.39 is 12.0 Å². The van der Waals surface area contributed by atoms with Gasteiger partial charge in [-0.1, -0.05) is 0 Å². The maximum absolute atomic E-state index is 11.0. The Morgan fingerprint density at radius 2 is 2.50 bits per heavy atom. The Kier molecular flexibility index (Phi) is 3.11. The molecule has 16 heavy (non-hydrogen) atoms. The minimum atomic E-state index is -0.823. The van der Waals surface area contributed by atoms with E-state index in [1.807, 2.05) is 4.90 Å². The zero-order chi connectivity index (χ0) is 11.5. The molecule has 1 saturated heterocycles. The van der Waals surface area contributed by atoms with Crippen molar-refractivity contribution in [2.75, 3.05) is 19.6 Å². The Morgan fingerprint density at radius 1 is 1.69 bits per heavy atom. The highest BCUT2D eigenvalue weighted by Crippen LogP contribution is 2.06. The molecule has 1 aliphatic rings. The second-order valence-electron chi connectivity index (χ2n) is 3.72. The van der Waals surface area contributed by atoms with Gasteiger partial charge in [0.1, 0.15) is 6.04 Å². The van der Waals surface area contributed by atoms with Gasteiger partial charge in [-0.2, -0.15) is 4.80 Å². The van der Waals surface area contributed by atoms with Crippen molar-refractivity contribution < 1.29 is 9.90 Å². The molecule has 1 aliphatic heterocycles. The van der Waals surface area contributed by atoms with Gasteiger partial charge in [0.25, 0.3) is 0 Å². The molecule has 0 bridgehead atoms. The Bertz CT molecular complexity index is 378. The fraction of sp³-hybridized carbons (Fsp3) is 0.750. The third kappa shape index (κ3) is 2.34. The van der Waals surface area contributed by atoms with Crippen LogP contribution in [0.25, 0.3) is 0 Å². The van der Waals surface area contributed by atoms with Crippen molar-refractivity contribution in [1.82, 2.24) is 30.4 Å². The summed E-state index contributed by atoms with van der Waals surface area (Å²) < 4.78 is 0. The average molecular weight is 226 g/mol. The molecule has 2 rings (SSSR count). The fourth-order valence-corrected chi connectivity index (χ4v) is 1.75. The lowest BCUT2D eigenvalue weighted by atomic mass is 10.2. The van der Waals surface area contributed by atoms with E-state index in [1.165, 1.54) is 4.80 Å². The summed E-state index contributed by atoms with van der Waals surface area (Å²) in [7, 11) is 1.68. The predicted octanol–water partition coefficient (Wildman–Crippen LogP) is -1.93. The zero-order valence-corrected chi connectivity index (χ0v) is 9.00. The van der Waals surface area contributed by atoms with Crippen molar-refractivity contribution in [2.24, 2.45) is 7.05 Å². The molecule has 1 aromatic rings. The van der Waals surface area contributed by atoms with Gasteiger partial charge in [0.2, 0.25) is 0 Å². The number of aryl methyl sites for hydroxylation is 1. The van der Waals surface area contributed by atoms with Crippen molar-refractivity contribution in [2.45, 2.75) is 12.6 Å². The molecule has 88 valence electrons. The lowest BCUT2D eigenvalue weighted by Gasteiger charge is -2.32. The van der Waals surface area contributed by atoms with Gasteiger partial charge in [0, 0.05) is 19.6 Å². The number of piperazine rings is 1. The van der Waals surface area contributed by atoms with Crippen LogP contribution < -0.4 is 5.32 Å². The van der Waals surface area contributed by atoms with E-state index in [0.29, 0.717) is 25.5 Å². The molecule has 0 aromatic carbocycles. The number of hydrogen-bond acceptors (Lipinski definition) is 6. The van der Waals surface area contributed by atoms with E-state index in [-0.39, 0.29) is 0 Å². The summed E-state index contributed by atoms with van der Waals surface area (Å²) in [6.07, 6.45) is 0. The molecule has 8 nitrogen and oxygen atoms in total. The van der Waals surface area contributed by atoms with Gasteiger partial charge in [-0.25, -0.2) is 0 Å². The number of carboxylic acids is 1. The van der Waals surface area contributed by atoms with Crippen LogP contribution in [0.2, 0.25) is 0 Å². The topological polar surface area (TPSA) is 96.2 Å². The largest absolute Gasteiger partial charge is 0.480 e. The number of carboxylic acid groups (broad SMARTS) is 1. The van der Waals surface area contributed by atoms with Crippen LogP contribution in [0, 0.1) is 0 Å². The number of nitrogens with one attached hydrogen (secondary N) is 1. The summed E-state index contributed by atoms with van der Waals surface area (Å²) in [6, 6.07) is -0.516. The Morgan fingerprint density at radius 3 is 3.12 bits per heavy atom. The lowest BCUT2D eigenvalue weighted by Crippen LogP contribution is -2.54. The first kappa shape index (κ1) is 11.0. The molecule has 2 heterocycles. The molecule has 2 N–H and O–H groups in total. The maximum Gasteiger partial charge on any atom is 0.322 e. The molecule has 1 aromatic heterocycles. The Hall–Kier alpha value is -1.54. The highest BCUT2D eigenvalue weighted by molar-refractivity contribution is 5.73.